The van der Waals surface area contributed by atoms with Gasteiger partial charge in [0.25, 0.3) is 5.91 Å². The van der Waals surface area contributed by atoms with Gasteiger partial charge in [-0.1, -0.05) is 90.5 Å². The van der Waals surface area contributed by atoms with Crippen molar-refractivity contribution in [3.8, 4) is 11.5 Å². The first-order valence-electron chi connectivity index (χ1n) is 11.6. The highest BCUT2D eigenvalue weighted by atomic mass is 79.9. The van der Waals surface area contributed by atoms with E-state index in [0.29, 0.717) is 39.3 Å². The van der Waals surface area contributed by atoms with Gasteiger partial charge in [0, 0.05) is 0 Å². The molecule has 0 aliphatic rings. The molecular weight excluding hydrogens is 532 g/mol. The van der Waals surface area contributed by atoms with Crippen LogP contribution in [0.5, 0.6) is 11.5 Å². The van der Waals surface area contributed by atoms with Crippen molar-refractivity contribution in [2.24, 2.45) is 5.10 Å². The molecule has 4 aromatic carbocycles. The molecule has 4 rings (SSSR count). The molecule has 0 saturated heterocycles. The number of nitrogens with one attached hydrogen (secondary N) is 1. The summed E-state index contributed by atoms with van der Waals surface area (Å²) in [7, 11) is 1.56. The second-order valence-corrected chi connectivity index (χ2v) is 9.31. The van der Waals surface area contributed by atoms with Crippen LogP contribution in [-0.4, -0.2) is 24.3 Å². The maximum atomic E-state index is 13.2. The molecule has 6 nitrogen and oxygen atoms in total. The van der Waals surface area contributed by atoms with E-state index in [1.165, 1.54) is 6.21 Å². The van der Waals surface area contributed by atoms with Crippen molar-refractivity contribution < 1.29 is 19.4 Å². The number of nitrogens with zero attached hydrogens (tertiary/aromatic N) is 1. The van der Waals surface area contributed by atoms with E-state index in [1.807, 2.05) is 43.3 Å². The van der Waals surface area contributed by atoms with Crippen molar-refractivity contribution in [3.63, 3.8) is 0 Å². The molecule has 37 heavy (non-hydrogen) atoms. The Balaban J connectivity index is 1.52. The van der Waals surface area contributed by atoms with Crippen molar-refractivity contribution in [1.82, 2.24) is 5.43 Å². The Bertz CT molecular complexity index is 1350. The smallest absolute Gasteiger partial charge is 0.281 e. The predicted octanol–water partition coefficient (Wildman–Crippen LogP) is 5.73. The third-order valence-corrected chi connectivity index (χ3v) is 6.40. The maximum Gasteiger partial charge on any atom is 0.281 e. The fourth-order valence-electron chi connectivity index (χ4n) is 3.95. The lowest BCUT2D eigenvalue weighted by Crippen LogP contribution is -2.43. The van der Waals surface area contributed by atoms with Gasteiger partial charge in [0.15, 0.2) is 17.1 Å². The van der Waals surface area contributed by atoms with Gasteiger partial charge in [-0.25, -0.2) is 5.43 Å². The zero-order chi connectivity index (χ0) is 26.3. The molecule has 0 heterocycles. The highest BCUT2D eigenvalue weighted by Gasteiger charge is 2.39. The van der Waals surface area contributed by atoms with E-state index in [4.69, 9.17) is 9.47 Å². The van der Waals surface area contributed by atoms with E-state index in [2.05, 4.69) is 32.5 Å². The van der Waals surface area contributed by atoms with Crippen LogP contribution in [0, 0.1) is 6.92 Å². The van der Waals surface area contributed by atoms with E-state index >= 15 is 0 Å². The number of halogens is 1. The molecule has 0 unspecified atom stereocenters. The van der Waals surface area contributed by atoms with Gasteiger partial charge in [0.1, 0.15) is 6.61 Å². The van der Waals surface area contributed by atoms with Crippen molar-refractivity contribution in [2.45, 2.75) is 19.1 Å². The number of aliphatic hydroxyl groups is 1. The minimum atomic E-state index is -1.91. The van der Waals surface area contributed by atoms with Gasteiger partial charge < -0.3 is 14.6 Å². The predicted molar refractivity (Wildman–Crippen MR) is 148 cm³/mol. The standard InChI is InChI=1S/C30H27BrN2O4/c1-21-10-9-11-22(16-21)20-37-28-26(31)17-23(18-27(28)36-2)19-32-33-29(34)30(35,24-12-5-3-6-13-24)25-14-7-4-8-15-25/h3-19,35H,20H2,1-2H3,(H,33,34)/b32-19-. The molecule has 0 aliphatic carbocycles. The lowest BCUT2D eigenvalue weighted by molar-refractivity contribution is -0.136. The molecule has 0 atom stereocenters. The normalized spacial score (nSPS) is 11.4. The Morgan fingerprint density at radius 2 is 1.62 bits per heavy atom. The molecule has 0 radical (unpaired) electrons. The molecule has 0 aromatic heterocycles. The van der Waals surface area contributed by atoms with Crippen molar-refractivity contribution in [2.75, 3.05) is 7.11 Å². The first-order valence-corrected chi connectivity index (χ1v) is 12.4. The number of carbonyl (C=O) groups is 1. The number of hydrazone groups is 1. The van der Waals surface area contributed by atoms with Crippen LogP contribution in [0.3, 0.4) is 0 Å². The van der Waals surface area contributed by atoms with Gasteiger partial charge in [-0.3, -0.25) is 4.79 Å². The second-order valence-electron chi connectivity index (χ2n) is 8.45. The summed E-state index contributed by atoms with van der Waals surface area (Å²) in [6, 6.07) is 29.2. The highest BCUT2D eigenvalue weighted by Crippen LogP contribution is 2.37. The molecule has 0 saturated carbocycles. The molecule has 1 amide bonds. The zero-order valence-electron chi connectivity index (χ0n) is 20.5. The number of amides is 1. The van der Waals surface area contributed by atoms with Crippen LogP contribution < -0.4 is 14.9 Å². The second kappa shape index (κ2) is 11.9. The Hall–Kier alpha value is -3.94. The SMILES string of the molecule is COc1cc(/C=N\NC(=O)C(O)(c2ccccc2)c2ccccc2)cc(Br)c1OCc1cccc(C)c1. The first-order chi connectivity index (χ1) is 17.9. The summed E-state index contributed by atoms with van der Waals surface area (Å²) < 4.78 is 12.2. The van der Waals surface area contributed by atoms with Crippen LogP contribution in [0.4, 0.5) is 0 Å². The van der Waals surface area contributed by atoms with E-state index < -0.39 is 11.5 Å². The molecule has 0 aliphatic heterocycles. The van der Waals surface area contributed by atoms with Crippen molar-refractivity contribution >= 4 is 28.1 Å². The maximum absolute atomic E-state index is 13.2. The van der Waals surface area contributed by atoms with E-state index in [0.717, 1.165) is 11.1 Å². The number of hydrogen-bond acceptors (Lipinski definition) is 5. The molecule has 4 aromatic rings. The van der Waals surface area contributed by atoms with Crippen molar-refractivity contribution in [3.05, 3.63) is 129 Å². The number of methoxy groups -OCH3 is 1. The van der Waals surface area contributed by atoms with Crippen LogP contribution in [0.2, 0.25) is 0 Å². The van der Waals surface area contributed by atoms with Gasteiger partial charge in [0.05, 0.1) is 17.8 Å². The van der Waals surface area contributed by atoms with Crippen molar-refractivity contribution in [1.29, 1.82) is 0 Å². The van der Waals surface area contributed by atoms with Crippen LogP contribution in [0.15, 0.2) is 107 Å². The Morgan fingerprint density at radius 1 is 0.973 bits per heavy atom. The number of hydrogen-bond donors (Lipinski definition) is 2. The van der Waals surface area contributed by atoms with Gasteiger partial charge in [-0.05, 0) is 57.2 Å². The summed E-state index contributed by atoms with van der Waals surface area (Å²) >= 11 is 3.55. The van der Waals surface area contributed by atoms with Gasteiger partial charge in [-0.2, -0.15) is 5.10 Å². The average Bonchev–Trinajstić information content (AvgIpc) is 2.92. The number of carbonyl (C=O) groups excluding carboxylic acids is 1. The summed E-state index contributed by atoms with van der Waals surface area (Å²) in [6.45, 7) is 2.42. The number of ether oxygens (including phenoxy) is 2. The summed E-state index contributed by atoms with van der Waals surface area (Å²) in [5.41, 5.74) is 4.32. The van der Waals surface area contributed by atoms with Crippen LogP contribution in [0.1, 0.15) is 27.8 Å². The van der Waals surface area contributed by atoms with Gasteiger partial charge in [-0.15, -0.1) is 0 Å². The van der Waals surface area contributed by atoms with Crippen LogP contribution in [-0.2, 0) is 17.0 Å². The van der Waals surface area contributed by atoms with E-state index in [1.54, 1.807) is 61.7 Å². The third-order valence-electron chi connectivity index (χ3n) is 5.81. The fourth-order valence-corrected chi connectivity index (χ4v) is 4.52. The summed E-state index contributed by atoms with van der Waals surface area (Å²) in [4.78, 5) is 13.2. The summed E-state index contributed by atoms with van der Waals surface area (Å²) in [5.74, 6) is 0.401. The number of aryl methyl sites for hydroxylation is 1. The molecule has 0 bridgehead atoms. The summed E-state index contributed by atoms with van der Waals surface area (Å²) in [5, 5.41) is 15.6. The molecule has 0 fully saturated rings. The number of rotatable bonds is 9. The molecule has 0 spiro atoms. The van der Waals surface area contributed by atoms with Crippen LogP contribution in [0.25, 0.3) is 0 Å². The zero-order valence-corrected chi connectivity index (χ0v) is 22.1. The lowest BCUT2D eigenvalue weighted by atomic mass is 9.85. The average molecular weight is 559 g/mol. The number of benzene rings is 4. The minimum absolute atomic E-state index is 0.387. The van der Waals surface area contributed by atoms with E-state index in [9.17, 15) is 9.90 Å². The molecule has 7 heteroatoms. The first kappa shape index (κ1) is 26.1. The monoisotopic (exact) mass is 558 g/mol. The highest BCUT2D eigenvalue weighted by molar-refractivity contribution is 9.10. The summed E-state index contributed by atoms with van der Waals surface area (Å²) in [6.07, 6.45) is 1.48. The molecule has 2 N–H and O–H groups in total. The van der Waals surface area contributed by atoms with Gasteiger partial charge in [0.2, 0.25) is 0 Å². The quantitative estimate of drug-likeness (QED) is 0.203. The largest absolute Gasteiger partial charge is 0.493 e. The minimum Gasteiger partial charge on any atom is -0.493 e. The van der Waals surface area contributed by atoms with E-state index in [-0.39, 0.29) is 0 Å². The Morgan fingerprint density at radius 3 is 2.22 bits per heavy atom. The van der Waals surface area contributed by atoms with Crippen LogP contribution >= 0.6 is 15.9 Å². The van der Waals surface area contributed by atoms with Gasteiger partial charge >= 0.3 is 0 Å². The Kier molecular flexibility index (Phi) is 8.38. The topological polar surface area (TPSA) is 80.2 Å². The molecular formula is C30H27BrN2O4. The molecule has 188 valence electrons. The third kappa shape index (κ3) is 6.07. The Labute approximate surface area is 224 Å². The lowest BCUT2D eigenvalue weighted by Gasteiger charge is -2.27. The fraction of sp³-hybridized carbons (Fsp3) is 0.133.